The van der Waals surface area contributed by atoms with Crippen LogP contribution in [-0.2, 0) is 16.1 Å². The highest BCUT2D eigenvalue weighted by Crippen LogP contribution is 2.30. The summed E-state index contributed by atoms with van der Waals surface area (Å²) < 4.78 is 6.89. The molecule has 0 radical (unpaired) electrons. The van der Waals surface area contributed by atoms with E-state index in [9.17, 15) is 4.79 Å². The fourth-order valence-corrected chi connectivity index (χ4v) is 2.96. The molecule has 1 heterocycles. The summed E-state index contributed by atoms with van der Waals surface area (Å²) in [4.78, 5) is 13.3. The van der Waals surface area contributed by atoms with Crippen LogP contribution < -0.4 is 0 Å². The number of rotatable bonds is 4. The first kappa shape index (κ1) is 15.7. The first-order valence-electron chi connectivity index (χ1n) is 7.00. The monoisotopic (exact) mass is 379 g/mol. The molecule has 22 heavy (non-hydrogen) atoms. The maximum absolute atomic E-state index is 11.3. The molecule has 5 heteroatoms. The van der Waals surface area contributed by atoms with Crippen molar-refractivity contribution in [2.24, 2.45) is 0 Å². The van der Waals surface area contributed by atoms with Gasteiger partial charge in [0.1, 0.15) is 0 Å². The second-order valence-electron chi connectivity index (χ2n) is 5.26. The number of halogens is 2. The first-order chi connectivity index (χ1) is 10.7. The van der Waals surface area contributed by atoms with Gasteiger partial charge in [0.05, 0.1) is 6.10 Å². The minimum atomic E-state index is -0.510. The Balaban J connectivity index is 1.73. The van der Waals surface area contributed by atoms with Crippen molar-refractivity contribution in [3.8, 4) is 0 Å². The average molecular weight is 381 g/mol. The topological polar surface area (TPSA) is 29.5 Å². The third kappa shape index (κ3) is 3.58. The fraction of sp³-hybridized carbons (Fsp3) is 0.235. The average Bonchev–Trinajstić information content (AvgIpc) is 2.93. The van der Waals surface area contributed by atoms with E-state index < -0.39 is 6.23 Å². The van der Waals surface area contributed by atoms with Crippen LogP contribution in [0.1, 0.15) is 17.2 Å². The molecule has 0 aromatic heterocycles. The van der Waals surface area contributed by atoms with E-state index in [4.69, 9.17) is 16.3 Å². The SMILES string of the molecule is O=CC1OC(c2ccc(Br)cc2)CN1Cc1ccc(Cl)cc1. The van der Waals surface area contributed by atoms with Crippen LogP contribution >= 0.6 is 27.5 Å². The van der Waals surface area contributed by atoms with Crippen molar-refractivity contribution in [2.75, 3.05) is 6.54 Å². The first-order valence-corrected chi connectivity index (χ1v) is 8.17. The summed E-state index contributed by atoms with van der Waals surface area (Å²) in [5, 5.41) is 0.709. The highest BCUT2D eigenvalue weighted by molar-refractivity contribution is 9.10. The molecule has 3 rings (SSSR count). The molecular formula is C17H15BrClNO2. The highest BCUT2D eigenvalue weighted by Gasteiger charge is 2.33. The third-order valence-electron chi connectivity index (χ3n) is 3.72. The summed E-state index contributed by atoms with van der Waals surface area (Å²) in [6.45, 7) is 1.35. The highest BCUT2D eigenvalue weighted by atomic mass is 79.9. The molecule has 2 aromatic rings. The maximum Gasteiger partial charge on any atom is 0.168 e. The van der Waals surface area contributed by atoms with Gasteiger partial charge in [-0.3, -0.25) is 9.69 Å². The van der Waals surface area contributed by atoms with E-state index in [1.807, 2.05) is 53.4 Å². The zero-order valence-electron chi connectivity index (χ0n) is 11.8. The van der Waals surface area contributed by atoms with E-state index in [0.717, 1.165) is 21.9 Å². The maximum atomic E-state index is 11.3. The van der Waals surface area contributed by atoms with Gasteiger partial charge in [-0.25, -0.2) is 0 Å². The number of hydrogen-bond donors (Lipinski definition) is 0. The molecule has 0 bridgehead atoms. The zero-order valence-corrected chi connectivity index (χ0v) is 14.1. The van der Waals surface area contributed by atoms with Crippen molar-refractivity contribution < 1.29 is 9.53 Å². The van der Waals surface area contributed by atoms with E-state index in [2.05, 4.69) is 15.9 Å². The van der Waals surface area contributed by atoms with Crippen molar-refractivity contribution in [2.45, 2.75) is 18.9 Å². The number of nitrogens with zero attached hydrogens (tertiary/aromatic N) is 1. The van der Waals surface area contributed by atoms with Gasteiger partial charge >= 0.3 is 0 Å². The second-order valence-corrected chi connectivity index (χ2v) is 6.61. The summed E-state index contributed by atoms with van der Waals surface area (Å²) in [5.41, 5.74) is 2.19. The van der Waals surface area contributed by atoms with Gasteiger partial charge < -0.3 is 4.74 Å². The fourth-order valence-electron chi connectivity index (χ4n) is 2.57. The molecule has 1 saturated heterocycles. The molecule has 2 unspecified atom stereocenters. The van der Waals surface area contributed by atoms with Gasteiger partial charge in [-0.05, 0) is 35.4 Å². The van der Waals surface area contributed by atoms with Gasteiger partial charge in [-0.15, -0.1) is 0 Å². The van der Waals surface area contributed by atoms with Crippen molar-refractivity contribution in [1.29, 1.82) is 0 Å². The van der Waals surface area contributed by atoms with Crippen molar-refractivity contribution in [3.05, 3.63) is 69.2 Å². The lowest BCUT2D eigenvalue weighted by molar-refractivity contribution is -0.123. The number of carbonyl (C=O) groups excluding carboxylic acids is 1. The summed E-state index contributed by atoms with van der Waals surface area (Å²) in [6.07, 6.45) is 0.259. The van der Waals surface area contributed by atoms with E-state index in [1.165, 1.54) is 0 Å². The van der Waals surface area contributed by atoms with E-state index in [0.29, 0.717) is 18.1 Å². The van der Waals surface area contributed by atoms with Crippen LogP contribution in [0, 0.1) is 0 Å². The Bertz CT molecular complexity index is 645. The molecule has 114 valence electrons. The Labute approximate surface area is 143 Å². The molecular weight excluding hydrogens is 366 g/mol. The third-order valence-corrected chi connectivity index (χ3v) is 4.50. The lowest BCUT2D eigenvalue weighted by Crippen LogP contribution is -2.30. The molecule has 0 spiro atoms. The lowest BCUT2D eigenvalue weighted by Gasteiger charge is -2.17. The van der Waals surface area contributed by atoms with Gasteiger partial charge in [0.15, 0.2) is 12.5 Å². The number of aldehydes is 1. The van der Waals surface area contributed by atoms with Crippen LogP contribution in [0.3, 0.4) is 0 Å². The van der Waals surface area contributed by atoms with Crippen molar-refractivity contribution in [1.82, 2.24) is 4.90 Å². The Morgan fingerprint density at radius 3 is 2.50 bits per heavy atom. The quantitative estimate of drug-likeness (QED) is 0.745. The van der Waals surface area contributed by atoms with Gasteiger partial charge in [0.2, 0.25) is 0 Å². The number of carbonyl (C=O) groups is 1. The normalized spacial score (nSPS) is 21.9. The molecule has 0 amide bonds. The Morgan fingerprint density at radius 1 is 1.18 bits per heavy atom. The van der Waals surface area contributed by atoms with Crippen molar-refractivity contribution >= 4 is 33.8 Å². The van der Waals surface area contributed by atoms with Gasteiger partial charge in [-0.1, -0.05) is 51.8 Å². The standard InChI is InChI=1S/C17H15BrClNO2/c18-14-5-3-13(4-6-14)16-10-20(17(11-21)22-16)9-12-1-7-15(19)8-2-12/h1-8,11,16-17H,9-10H2. The van der Waals surface area contributed by atoms with Crippen LogP contribution in [0.25, 0.3) is 0 Å². The number of benzene rings is 2. The summed E-state index contributed by atoms with van der Waals surface area (Å²) in [6, 6.07) is 15.7. The molecule has 1 aliphatic rings. The predicted octanol–water partition coefficient (Wildman–Crippen LogP) is 4.20. The van der Waals surface area contributed by atoms with Crippen LogP contribution in [0.5, 0.6) is 0 Å². The summed E-state index contributed by atoms with van der Waals surface area (Å²) in [5.74, 6) is 0. The molecule has 2 aromatic carbocycles. The molecule has 2 atom stereocenters. The second kappa shape index (κ2) is 6.92. The van der Waals surface area contributed by atoms with Gasteiger partial charge in [0, 0.05) is 22.6 Å². The minimum absolute atomic E-state index is 0.0874. The van der Waals surface area contributed by atoms with E-state index in [1.54, 1.807) is 0 Å². The molecule has 3 nitrogen and oxygen atoms in total. The lowest BCUT2D eigenvalue weighted by atomic mass is 10.1. The van der Waals surface area contributed by atoms with E-state index >= 15 is 0 Å². The largest absolute Gasteiger partial charge is 0.347 e. The van der Waals surface area contributed by atoms with Crippen molar-refractivity contribution in [3.63, 3.8) is 0 Å². The molecule has 1 fully saturated rings. The Kier molecular flexibility index (Phi) is 4.93. The van der Waals surface area contributed by atoms with Crippen LogP contribution in [0.2, 0.25) is 5.02 Å². The molecule has 1 aliphatic heterocycles. The molecule has 0 saturated carbocycles. The summed E-state index contributed by atoms with van der Waals surface area (Å²) >= 11 is 9.33. The van der Waals surface area contributed by atoms with Gasteiger partial charge in [-0.2, -0.15) is 0 Å². The predicted molar refractivity (Wildman–Crippen MR) is 89.7 cm³/mol. The number of ether oxygens (including phenoxy) is 1. The van der Waals surface area contributed by atoms with Gasteiger partial charge in [0.25, 0.3) is 0 Å². The smallest absolute Gasteiger partial charge is 0.168 e. The molecule has 0 N–H and O–H groups in total. The minimum Gasteiger partial charge on any atom is -0.347 e. The number of hydrogen-bond acceptors (Lipinski definition) is 3. The zero-order chi connectivity index (χ0) is 15.5. The van der Waals surface area contributed by atoms with E-state index in [-0.39, 0.29) is 6.10 Å². The molecule has 0 aliphatic carbocycles. The van der Waals surface area contributed by atoms with Crippen LogP contribution in [-0.4, -0.2) is 24.0 Å². The Morgan fingerprint density at radius 2 is 1.86 bits per heavy atom. The van der Waals surface area contributed by atoms with Crippen LogP contribution in [0.15, 0.2) is 53.0 Å². The van der Waals surface area contributed by atoms with Crippen LogP contribution in [0.4, 0.5) is 0 Å². The Hall–Kier alpha value is -1.20. The summed E-state index contributed by atoms with van der Waals surface area (Å²) in [7, 11) is 0.